The van der Waals surface area contributed by atoms with E-state index in [4.69, 9.17) is 18.0 Å². The number of hydrogen-bond acceptors (Lipinski definition) is 4. The van der Waals surface area contributed by atoms with Gasteiger partial charge in [-0.1, -0.05) is 26.1 Å². The Morgan fingerprint density at radius 2 is 2.18 bits per heavy atom. The zero-order chi connectivity index (χ0) is 12.4. The third-order valence-corrected chi connectivity index (χ3v) is 2.51. The van der Waals surface area contributed by atoms with E-state index in [1.165, 1.54) is 0 Å². The van der Waals surface area contributed by atoms with Crippen LogP contribution in [-0.2, 0) is 0 Å². The highest BCUT2D eigenvalue weighted by Crippen LogP contribution is 2.12. The summed E-state index contributed by atoms with van der Waals surface area (Å²) in [6, 6.07) is 3.63. The van der Waals surface area contributed by atoms with Crippen molar-refractivity contribution in [2.24, 2.45) is 5.73 Å². The molecule has 0 unspecified atom stereocenters. The van der Waals surface area contributed by atoms with E-state index in [1.54, 1.807) is 16.9 Å². The molecule has 0 aromatic carbocycles. The summed E-state index contributed by atoms with van der Waals surface area (Å²) in [7, 11) is 0. The van der Waals surface area contributed by atoms with E-state index in [2.05, 4.69) is 28.9 Å². The van der Waals surface area contributed by atoms with Gasteiger partial charge in [0.1, 0.15) is 10.7 Å². The molecule has 0 aliphatic heterocycles. The van der Waals surface area contributed by atoms with Gasteiger partial charge in [0.2, 0.25) is 0 Å². The molecule has 0 fully saturated rings. The second kappa shape index (κ2) is 4.58. The summed E-state index contributed by atoms with van der Waals surface area (Å²) in [4.78, 5) is 8.63. The summed E-state index contributed by atoms with van der Waals surface area (Å²) < 4.78 is 1.62. The molecule has 2 heterocycles. The van der Waals surface area contributed by atoms with Crippen LogP contribution in [-0.4, -0.2) is 24.7 Å². The van der Waals surface area contributed by atoms with E-state index in [9.17, 15) is 0 Å². The highest BCUT2D eigenvalue weighted by molar-refractivity contribution is 7.80. The highest BCUT2D eigenvalue weighted by atomic mass is 32.1. The first-order chi connectivity index (χ1) is 8.08. The maximum atomic E-state index is 5.53. The van der Waals surface area contributed by atoms with Crippen LogP contribution >= 0.6 is 12.2 Å². The Kier molecular flexibility index (Phi) is 3.14. The van der Waals surface area contributed by atoms with Crippen LogP contribution in [0.3, 0.4) is 0 Å². The van der Waals surface area contributed by atoms with Crippen LogP contribution < -0.4 is 5.73 Å². The van der Waals surface area contributed by atoms with Gasteiger partial charge < -0.3 is 5.73 Å². The summed E-state index contributed by atoms with van der Waals surface area (Å²) >= 11 is 4.88. The van der Waals surface area contributed by atoms with Crippen LogP contribution in [0.15, 0.2) is 24.5 Å². The molecule has 0 bridgehead atoms. The summed E-state index contributed by atoms with van der Waals surface area (Å²) in [6.07, 6.45) is 3.45. The van der Waals surface area contributed by atoms with Gasteiger partial charge in [0, 0.05) is 12.4 Å². The fourth-order valence-corrected chi connectivity index (χ4v) is 1.47. The molecular formula is C11H13N5S. The lowest BCUT2D eigenvalue weighted by molar-refractivity contribution is 0.741. The molecule has 0 amide bonds. The van der Waals surface area contributed by atoms with E-state index >= 15 is 0 Å². The number of hydrogen-bond donors (Lipinski definition) is 1. The van der Waals surface area contributed by atoms with Crippen molar-refractivity contribution in [3.8, 4) is 5.95 Å². The fourth-order valence-electron chi connectivity index (χ4n) is 1.35. The molecule has 2 aromatic heterocycles. The molecule has 0 saturated heterocycles. The number of thiocarbonyl (C=S) groups is 1. The highest BCUT2D eigenvalue weighted by Gasteiger charge is 2.07. The Morgan fingerprint density at radius 3 is 2.76 bits per heavy atom. The maximum Gasteiger partial charge on any atom is 0.251 e. The molecule has 0 aliphatic carbocycles. The average Bonchev–Trinajstić information content (AvgIpc) is 2.78. The van der Waals surface area contributed by atoms with Crippen molar-refractivity contribution < 1.29 is 0 Å². The first kappa shape index (κ1) is 11.7. The normalized spacial score (nSPS) is 10.8. The quantitative estimate of drug-likeness (QED) is 0.831. The van der Waals surface area contributed by atoms with Gasteiger partial charge >= 0.3 is 0 Å². The van der Waals surface area contributed by atoms with Crippen LogP contribution in [0, 0.1) is 0 Å². The number of nitrogens with two attached hydrogens (primary N) is 1. The first-order valence-corrected chi connectivity index (χ1v) is 5.67. The van der Waals surface area contributed by atoms with Gasteiger partial charge in [-0.15, -0.1) is 0 Å². The zero-order valence-corrected chi connectivity index (χ0v) is 10.5. The average molecular weight is 247 g/mol. The van der Waals surface area contributed by atoms with Crippen molar-refractivity contribution >= 4 is 17.2 Å². The van der Waals surface area contributed by atoms with Gasteiger partial charge in [0.15, 0.2) is 0 Å². The lowest BCUT2D eigenvalue weighted by atomic mass is 10.1. The van der Waals surface area contributed by atoms with Gasteiger partial charge in [0.25, 0.3) is 5.95 Å². The molecular weight excluding hydrogens is 234 g/mol. The monoisotopic (exact) mass is 247 g/mol. The van der Waals surface area contributed by atoms with E-state index < -0.39 is 0 Å². The maximum absolute atomic E-state index is 5.53. The van der Waals surface area contributed by atoms with E-state index in [1.807, 2.05) is 12.3 Å². The van der Waals surface area contributed by atoms with Crippen molar-refractivity contribution in [2.45, 2.75) is 19.8 Å². The predicted octanol–water partition coefficient (Wildman–Crippen LogP) is 1.42. The van der Waals surface area contributed by atoms with Gasteiger partial charge in [-0.05, 0) is 18.1 Å². The third-order valence-electron chi connectivity index (χ3n) is 2.30. The number of rotatable bonds is 3. The van der Waals surface area contributed by atoms with Crippen molar-refractivity contribution in [1.82, 2.24) is 19.7 Å². The molecule has 0 saturated carbocycles. The molecule has 2 N–H and O–H groups in total. The minimum Gasteiger partial charge on any atom is -0.388 e. The van der Waals surface area contributed by atoms with Gasteiger partial charge in [-0.3, -0.25) is 0 Å². The van der Waals surface area contributed by atoms with Crippen molar-refractivity contribution in [2.75, 3.05) is 0 Å². The molecule has 0 atom stereocenters. The van der Waals surface area contributed by atoms with E-state index in [0.717, 1.165) is 5.69 Å². The third kappa shape index (κ3) is 2.47. The van der Waals surface area contributed by atoms with Crippen LogP contribution in [0.5, 0.6) is 0 Å². The lowest BCUT2D eigenvalue weighted by Gasteiger charge is -2.02. The van der Waals surface area contributed by atoms with E-state index in [-0.39, 0.29) is 4.99 Å². The Bertz CT molecular complexity index is 546. The molecule has 5 nitrogen and oxygen atoms in total. The Balaban J connectivity index is 2.38. The molecule has 17 heavy (non-hydrogen) atoms. The van der Waals surface area contributed by atoms with Crippen molar-refractivity contribution in [1.29, 1.82) is 0 Å². The predicted molar refractivity (Wildman–Crippen MR) is 69.1 cm³/mol. The van der Waals surface area contributed by atoms with Crippen LogP contribution in [0.2, 0.25) is 0 Å². The SMILES string of the molecule is CC(C)c1ccn(-c2nccc(C(N)=S)n2)n1. The molecule has 88 valence electrons. The molecule has 0 radical (unpaired) electrons. The minimum atomic E-state index is 0.255. The summed E-state index contributed by atoms with van der Waals surface area (Å²) in [5, 5.41) is 4.39. The minimum absolute atomic E-state index is 0.255. The molecule has 0 spiro atoms. The van der Waals surface area contributed by atoms with Crippen molar-refractivity contribution in [3.05, 3.63) is 35.9 Å². The number of aromatic nitrogens is 4. The standard InChI is InChI=1S/C11H13N5S/c1-7(2)8-4-6-16(15-8)11-13-5-3-9(14-11)10(12)17/h3-7H,1-2H3,(H2,12,17). The second-order valence-electron chi connectivity index (χ2n) is 3.95. The largest absolute Gasteiger partial charge is 0.388 e. The molecule has 2 rings (SSSR count). The Labute approximate surface area is 105 Å². The molecule has 6 heteroatoms. The number of nitrogens with zero attached hydrogens (tertiary/aromatic N) is 4. The van der Waals surface area contributed by atoms with Crippen LogP contribution in [0.25, 0.3) is 5.95 Å². The topological polar surface area (TPSA) is 69.6 Å². The van der Waals surface area contributed by atoms with Crippen LogP contribution in [0.1, 0.15) is 31.2 Å². The molecule has 2 aromatic rings. The smallest absolute Gasteiger partial charge is 0.251 e. The summed E-state index contributed by atoms with van der Waals surface area (Å²) in [5.41, 5.74) is 7.07. The second-order valence-corrected chi connectivity index (χ2v) is 4.39. The fraction of sp³-hybridized carbons (Fsp3) is 0.273. The Hall–Kier alpha value is -1.82. The summed E-state index contributed by atoms with van der Waals surface area (Å²) in [6.45, 7) is 4.16. The molecule has 0 aliphatic rings. The van der Waals surface area contributed by atoms with Crippen molar-refractivity contribution in [3.63, 3.8) is 0 Å². The van der Waals surface area contributed by atoms with Gasteiger partial charge in [0.05, 0.1) is 5.69 Å². The lowest BCUT2D eigenvalue weighted by Crippen LogP contribution is -2.14. The Morgan fingerprint density at radius 1 is 1.41 bits per heavy atom. The van der Waals surface area contributed by atoms with E-state index in [0.29, 0.717) is 17.6 Å². The summed E-state index contributed by atoms with van der Waals surface area (Å²) in [5.74, 6) is 0.845. The van der Waals surface area contributed by atoms with Gasteiger partial charge in [-0.25, -0.2) is 14.6 Å². The van der Waals surface area contributed by atoms with Gasteiger partial charge in [-0.2, -0.15) is 5.10 Å². The van der Waals surface area contributed by atoms with Crippen LogP contribution in [0.4, 0.5) is 0 Å². The zero-order valence-electron chi connectivity index (χ0n) is 9.66. The first-order valence-electron chi connectivity index (χ1n) is 5.26.